The van der Waals surface area contributed by atoms with Crippen molar-refractivity contribution >= 4 is 28.4 Å². The molecule has 1 N–H and O–H groups in total. The highest BCUT2D eigenvalue weighted by atomic mass is 32.1. The third-order valence-electron chi connectivity index (χ3n) is 4.53. The predicted octanol–water partition coefficient (Wildman–Crippen LogP) is 2.67. The lowest BCUT2D eigenvalue weighted by atomic mass is 10.2. The number of fused-ring (bicyclic) bond motifs is 1. The van der Waals surface area contributed by atoms with E-state index in [0.717, 1.165) is 16.0 Å². The molecular weight excluding hydrogens is 372 g/mol. The molecule has 0 unspecified atom stereocenters. The summed E-state index contributed by atoms with van der Waals surface area (Å²) in [5.74, 6) is -0.0449. The Hall–Kier alpha value is -3.19. The molecule has 6 nitrogen and oxygen atoms in total. The van der Waals surface area contributed by atoms with Crippen molar-refractivity contribution in [2.75, 3.05) is 6.54 Å². The molecule has 0 bridgehead atoms. The number of benzene rings is 1. The van der Waals surface area contributed by atoms with Crippen LogP contribution in [0.15, 0.2) is 71.0 Å². The van der Waals surface area contributed by atoms with Crippen molar-refractivity contribution in [2.24, 2.45) is 0 Å². The summed E-state index contributed by atoms with van der Waals surface area (Å²) in [5, 5.41) is 4.85. The zero-order valence-corrected chi connectivity index (χ0v) is 16.1. The lowest BCUT2D eigenvalue weighted by Crippen LogP contribution is -2.32. The average molecular weight is 392 g/mol. The molecule has 4 rings (SSSR count). The quantitative estimate of drug-likeness (QED) is 0.526. The van der Waals surface area contributed by atoms with Crippen LogP contribution in [0.1, 0.15) is 10.4 Å². The topological polar surface area (TPSA) is 68.9 Å². The van der Waals surface area contributed by atoms with E-state index < -0.39 is 0 Å². The van der Waals surface area contributed by atoms with Gasteiger partial charge < -0.3 is 5.32 Å². The number of carbonyl (C=O) groups excluding carboxylic acids is 1. The Morgan fingerprint density at radius 1 is 1.04 bits per heavy atom. The van der Waals surface area contributed by atoms with Crippen molar-refractivity contribution in [3.63, 3.8) is 0 Å². The minimum atomic E-state index is -0.120. The second-order valence-electron chi connectivity index (χ2n) is 6.46. The average Bonchev–Trinajstić information content (AvgIpc) is 3.31. The number of hydrogen-bond acceptors (Lipinski definition) is 4. The molecule has 0 radical (unpaired) electrons. The Kier molecular flexibility index (Phi) is 5.34. The molecule has 0 aliphatic carbocycles. The minimum Gasteiger partial charge on any atom is -0.354 e. The molecule has 0 fully saturated rings. The Morgan fingerprint density at radius 3 is 2.68 bits per heavy atom. The van der Waals surface area contributed by atoms with Gasteiger partial charge in [0, 0.05) is 24.2 Å². The van der Waals surface area contributed by atoms with E-state index in [0.29, 0.717) is 31.7 Å². The van der Waals surface area contributed by atoms with Crippen LogP contribution in [-0.4, -0.2) is 26.6 Å². The molecule has 0 saturated heterocycles. The van der Waals surface area contributed by atoms with Gasteiger partial charge in [0.15, 0.2) is 5.65 Å². The number of nitrogens with one attached hydrogen (secondary N) is 1. The highest BCUT2D eigenvalue weighted by Crippen LogP contribution is 2.12. The van der Waals surface area contributed by atoms with E-state index >= 15 is 0 Å². The summed E-state index contributed by atoms with van der Waals surface area (Å²) in [7, 11) is 0. The first kappa shape index (κ1) is 18.2. The fourth-order valence-electron chi connectivity index (χ4n) is 3.21. The van der Waals surface area contributed by atoms with Crippen LogP contribution >= 0.6 is 11.3 Å². The van der Waals surface area contributed by atoms with Crippen molar-refractivity contribution in [1.82, 2.24) is 19.4 Å². The maximum atomic E-state index is 13.0. The third-order valence-corrected chi connectivity index (χ3v) is 5.41. The summed E-state index contributed by atoms with van der Waals surface area (Å²) in [6, 6.07) is 17.5. The summed E-state index contributed by atoms with van der Waals surface area (Å²) in [6.07, 6.45) is 2.04. The van der Waals surface area contributed by atoms with E-state index in [1.807, 2.05) is 60.0 Å². The summed E-state index contributed by atoms with van der Waals surface area (Å²) < 4.78 is 3.36. The second-order valence-corrected chi connectivity index (χ2v) is 7.49. The number of amides is 1. The number of pyridine rings is 1. The molecule has 1 amide bonds. The van der Waals surface area contributed by atoms with Gasteiger partial charge >= 0.3 is 5.69 Å². The highest BCUT2D eigenvalue weighted by molar-refractivity contribution is 7.10. The van der Waals surface area contributed by atoms with E-state index in [1.165, 1.54) is 0 Å². The highest BCUT2D eigenvalue weighted by Gasteiger charge is 2.14. The molecule has 1 aromatic carbocycles. The number of carbonyl (C=O) groups is 1. The first-order chi connectivity index (χ1) is 13.7. The van der Waals surface area contributed by atoms with E-state index in [1.54, 1.807) is 26.7 Å². The smallest absolute Gasteiger partial charge is 0.330 e. The van der Waals surface area contributed by atoms with Gasteiger partial charge in [0.25, 0.3) is 0 Å². The fraction of sp³-hybridized carbons (Fsp3) is 0.190. The summed E-state index contributed by atoms with van der Waals surface area (Å²) in [6.45, 7) is 1.25. The van der Waals surface area contributed by atoms with Gasteiger partial charge in [-0.25, -0.2) is 9.78 Å². The number of thiophene rings is 1. The molecule has 28 heavy (non-hydrogen) atoms. The van der Waals surface area contributed by atoms with Crippen LogP contribution in [-0.2, 0) is 24.3 Å². The van der Waals surface area contributed by atoms with Crippen molar-refractivity contribution < 1.29 is 4.79 Å². The summed E-state index contributed by atoms with van der Waals surface area (Å²) in [4.78, 5) is 30.5. The van der Waals surface area contributed by atoms with Crippen LogP contribution in [0.2, 0.25) is 0 Å². The van der Waals surface area contributed by atoms with Gasteiger partial charge in [0.2, 0.25) is 5.91 Å². The second kappa shape index (κ2) is 8.22. The predicted molar refractivity (Wildman–Crippen MR) is 111 cm³/mol. The molecular formula is C21H20N4O2S. The van der Waals surface area contributed by atoms with Gasteiger partial charge in [-0.3, -0.25) is 13.9 Å². The summed E-state index contributed by atoms with van der Waals surface area (Å²) in [5.41, 5.74) is 2.36. The van der Waals surface area contributed by atoms with Crippen molar-refractivity contribution in [3.05, 3.63) is 87.1 Å². The maximum absolute atomic E-state index is 13.0. The molecule has 0 atom stereocenters. The number of hydrogen-bond donors (Lipinski definition) is 1. The first-order valence-electron chi connectivity index (χ1n) is 9.09. The fourth-order valence-corrected chi connectivity index (χ4v) is 3.91. The number of aromatic nitrogens is 3. The normalized spacial score (nSPS) is 11.0. The minimum absolute atomic E-state index is 0.0449. The Labute approximate surface area is 166 Å². The van der Waals surface area contributed by atoms with Gasteiger partial charge in [-0.1, -0.05) is 36.4 Å². The molecule has 0 spiro atoms. The zero-order valence-electron chi connectivity index (χ0n) is 15.2. The molecule has 7 heteroatoms. The summed E-state index contributed by atoms with van der Waals surface area (Å²) >= 11 is 1.56. The third kappa shape index (κ3) is 3.89. The number of nitrogens with zero attached hydrogens (tertiary/aromatic N) is 3. The van der Waals surface area contributed by atoms with Crippen molar-refractivity contribution in [3.8, 4) is 0 Å². The Bertz CT molecular complexity index is 1130. The maximum Gasteiger partial charge on any atom is 0.330 e. The lowest BCUT2D eigenvalue weighted by molar-refractivity contribution is -0.120. The lowest BCUT2D eigenvalue weighted by Gasteiger charge is -2.05. The van der Waals surface area contributed by atoms with E-state index in [2.05, 4.69) is 10.3 Å². The van der Waals surface area contributed by atoms with Crippen molar-refractivity contribution in [1.29, 1.82) is 0 Å². The largest absolute Gasteiger partial charge is 0.354 e. The molecule has 4 aromatic rings. The number of rotatable bonds is 7. The van der Waals surface area contributed by atoms with Crippen LogP contribution in [0.25, 0.3) is 11.2 Å². The van der Waals surface area contributed by atoms with Crippen LogP contribution in [0, 0.1) is 0 Å². The molecule has 3 aromatic heterocycles. The van der Waals surface area contributed by atoms with Gasteiger partial charge in [-0.2, -0.15) is 0 Å². The van der Waals surface area contributed by atoms with Gasteiger partial charge in [-0.05, 0) is 29.1 Å². The van der Waals surface area contributed by atoms with Crippen molar-refractivity contribution in [2.45, 2.75) is 19.5 Å². The van der Waals surface area contributed by atoms with E-state index in [9.17, 15) is 9.59 Å². The molecule has 0 saturated carbocycles. The number of imidazole rings is 1. The van der Waals surface area contributed by atoms with Crippen LogP contribution < -0.4 is 11.0 Å². The SMILES string of the molecule is O=C(Cc1cccs1)NCCn1c(=O)n(Cc2ccccc2)c2cccnc21. The molecule has 142 valence electrons. The van der Waals surface area contributed by atoms with Gasteiger partial charge in [0.05, 0.1) is 18.5 Å². The first-order valence-corrected chi connectivity index (χ1v) is 9.97. The van der Waals surface area contributed by atoms with Gasteiger partial charge in [0.1, 0.15) is 0 Å². The Balaban J connectivity index is 1.51. The zero-order chi connectivity index (χ0) is 19.3. The molecule has 0 aliphatic heterocycles. The molecule has 0 aliphatic rings. The standard InChI is InChI=1S/C21H20N4O2S/c26-19(14-17-8-5-13-28-17)22-11-12-24-20-18(9-4-10-23-20)25(21(24)27)15-16-6-2-1-3-7-16/h1-10,13H,11-12,14-15H2,(H,22,26). The van der Waals surface area contributed by atoms with E-state index in [-0.39, 0.29) is 11.6 Å². The Morgan fingerprint density at radius 2 is 1.89 bits per heavy atom. The van der Waals surface area contributed by atoms with Crippen LogP contribution in [0.5, 0.6) is 0 Å². The van der Waals surface area contributed by atoms with Crippen LogP contribution in [0.4, 0.5) is 0 Å². The van der Waals surface area contributed by atoms with Crippen LogP contribution in [0.3, 0.4) is 0 Å². The van der Waals surface area contributed by atoms with Gasteiger partial charge in [-0.15, -0.1) is 11.3 Å². The van der Waals surface area contributed by atoms with E-state index in [4.69, 9.17) is 0 Å². The monoisotopic (exact) mass is 392 g/mol. The molecule has 3 heterocycles.